The van der Waals surface area contributed by atoms with Crippen LogP contribution in [0.3, 0.4) is 0 Å². The molecule has 0 spiro atoms. The smallest absolute Gasteiger partial charge is 0.148 e. The zero-order valence-electron chi connectivity index (χ0n) is 11.5. The van der Waals surface area contributed by atoms with Gasteiger partial charge in [0.25, 0.3) is 0 Å². The summed E-state index contributed by atoms with van der Waals surface area (Å²) in [5, 5.41) is 7.62. The van der Waals surface area contributed by atoms with Crippen LogP contribution in [-0.2, 0) is 4.74 Å². The molecule has 1 fully saturated rings. The minimum absolute atomic E-state index is 0.267. The van der Waals surface area contributed by atoms with E-state index in [9.17, 15) is 0 Å². The van der Waals surface area contributed by atoms with Crippen LogP contribution in [0, 0.1) is 6.92 Å². The highest BCUT2D eigenvalue weighted by Crippen LogP contribution is 2.39. The molecule has 2 heterocycles. The highest BCUT2D eigenvalue weighted by atomic mass is 32.1. The van der Waals surface area contributed by atoms with Gasteiger partial charge in [0, 0.05) is 12.5 Å². The normalized spacial score (nSPS) is 22.3. The van der Waals surface area contributed by atoms with E-state index in [1.54, 1.807) is 18.4 Å². The summed E-state index contributed by atoms with van der Waals surface area (Å²) in [6, 6.07) is 0.332. The first kappa shape index (κ1) is 13.8. The van der Waals surface area contributed by atoms with Crippen LogP contribution in [0.1, 0.15) is 24.3 Å². The van der Waals surface area contributed by atoms with Crippen LogP contribution in [0.2, 0.25) is 0 Å². The summed E-state index contributed by atoms with van der Waals surface area (Å²) in [6.45, 7) is 2.00. The third-order valence-electron chi connectivity index (χ3n) is 3.67. The molecule has 0 amide bonds. The topological polar surface area (TPSA) is 73.1 Å². The van der Waals surface area contributed by atoms with Gasteiger partial charge in [0.2, 0.25) is 0 Å². The number of nitrogens with two attached hydrogens (primary N) is 1. The molecule has 2 aromatic heterocycles. The molecule has 5 nitrogen and oxygen atoms in total. The van der Waals surface area contributed by atoms with Gasteiger partial charge in [0.15, 0.2) is 0 Å². The van der Waals surface area contributed by atoms with Gasteiger partial charge in [-0.2, -0.15) is 4.37 Å². The van der Waals surface area contributed by atoms with E-state index in [1.807, 2.05) is 12.3 Å². The lowest BCUT2D eigenvalue weighted by Crippen LogP contribution is -2.29. The monoisotopic (exact) mass is 310 g/mol. The Morgan fingerprint density at radius 3 is 3.00 bits per heavy atom. The minimum atomic E-state index is 0.267. The first-order valence-electron chi connectivity index (χ1n) is 6.66. The number of hydrogen-bond donors (Lipinski definition) is 2. The molecule has 1 aliphatic carbocycles. The summed E-state index contributed by atoms with van der Waals surface area (Å²) < 4.78 is 9.81. The summed E-state index contributed by atoms with van der Waals surface area (Å²) >= 11 is 3.03. The van der Waals surface area contributed by atoms with Gasteiger partial charge in [-0.1, -0.05) is 0 Å². The Labute approximate surface area is 126 Å². The van der Waals surface area contributed by atoms with Crippen molar-refractivity contribution in [2.24, 2.45) is 0 Å². The molecular formula is C13H18N4OS2. The number of hydrogen-bond acceptors (Lipinski definition) is 7. The van der Waals surface area contributed by atoms with Crippen molar-refractivity contribution in [3.05, 3.63) is 10.4 Å². The van der Waals surface area contributed by atoms with Crippen LogP contribution < -0.4 is 11.1 Å². The molecule has 3 rings (SSSR count). The first-order valence-corrected chi connectivity index (χ1v) is 8.31. The van der Waals surface area contributed by atoms with Gasteiger partial charge in [-0.05, 0) is 37.7 Å². The maximum absolute atomic E-state index is 6.02. The third-order valence-corrected chi connectivity index (χ3v) is 5.23. The molecule has 0 radical (unpaired) electrons. The molecule has 3 N–H and O–H groups in total. The van der Waals surface area contributed by atoms with Gasteiger partial charge >= 0.3 is 0 Å². The number of aromatic nitrogens is 2. The Morgan fingerprint density at radius 1 is 1.45 bits per heavy atom. The number of methoxy groups -OCH3 is 1. The fraction of sp³-hybridized carbons (Fsp3) is 0.538. The van der Waals surface area contributed by atoms with Crippen LogP contribution in [0.15, 0.2) is 5.38 Å². The third kappa shape index (κ3) is 2.53. The second-order valence-corrected chi connectivity index (χ2v) is 6.82. The van der Waals surface area contributed by atoms with Gasteiger partial charge in [0.1, 0.15) is 10.8 Å². The molecule has 7 heteroatoms. The predicted molar refractivity (Wildman–Crippen MR) is 84.4 cm³/mol. The van der Waals surface area contributed by atoms with E-state index in [1.165, 1.54) is 18.0 Å². The van der Waals surface area contributed by atoms with Crippen molar-refractivity contribution < 1.29 is 4.74 Å². The SMILES string of the molecule is COC1CCCC1Nc1snc(N)c1-c1csc(C)n1. The number of aryl methyl sites for hydroxylation is 1. The van der Waals surface area contributed by atoms with Crippen LogP contribution in [0.5, 0.6) is 0 Å². The molecule has 2 unspecified atom stereocenters. The Bertz CT molecular complexity index is 595. The van der Waals surface area contributed by atoms with E-state index in [0.29, 0.717) is 11.9 Å². The fourth-order valence-corrected chi connectivity index (χ4v) is 4.06. The van der Waals surface area contributed by atoms with Crippen molar-refractivity contribution >= 4 is 33.7 Å². The Kier molecular flexibility index (Phi) is 3.91. The van der Waals surface area contributed by atoms with E-state index in [2.05, 4.69) is 14.7 Å². The van der Waals surface area contributed by atoms with Crippen molar-refractivity contribution in [3.8, 4) is 11.3 Å². The molecular weight excluding hydrogens is 292 g/mol. The largest absolute Gasteiger partial charge is 0.382 e. The van der Waals surface area contributed by atoms with E-state index in [0.717, 1.165) is 34.1 Å². The molecule has 0 bridgehead atoms. The first-order chi connectivity index (χ1) is 9.69. The van der Waals surface area contributed by atoms with Gasteiger partial charge in [-0.25, -0.2) is 4.98 Å². The lowest BCUT2D eigenvalue weighted by molar-refractivity contribution is 0.101. The van der Waals surface area contributed by atoms with E-state index in [-0.39, 0.29) is 6.10 Å². The van der Waals surface area contributed by atoms with E-state index >= 15 is 0 Å². The molecule has 1 saturated carbocycles. The van der Waals surface area contributed by atoms with Crippen molar-refractivity contribution in [2.75, 3.05) is 18.2 Å². The Hall–Kier alpha value is -1.18. The van der Waals surface area contributed by atoms with Gasteiger partial charge < -0.3 is 15.8 Å². The van der Waals surface area contributed by atoms with Gasteiger partial charge in [0.05, 0.1) is 28.4 Å². The maximum atomic E-state index is 6.02. The molecule has 1 aliphatic rings. The van der Waals surface area contributed by atoms with Crippen LogP contribution in [0.4, 0.5) is 10.8 Å². The minimum Gasteiger partial charge on any atom is -0.382 e. The highest BCUT2D eigenvalue weighted by molar-refractivity contribution is 7.11. The van der Waals surface area contributed by atoms with Gasteiger partial charge in [-0.3, -0.25) is 0 Å². The molecule has 2 atom stereocenters. The quantitative estimate of drug-likeness (QED) is 0.907. The van der Waals surface area contributed by atoms with Crippen LogP contribution >= 0.6 is 22.9 Å². The molecule has 2 aromatic rings. The molecule has 0 aliphatic heterocycles. The van der Waals surface area contributed by atoms with Crippen molar-refractivity contribution in [3.63, 3.8) is 0 Å². The lowest BCUT2D eigenvalue weighted by atomic mass is 10.2. The molecule has 0 aromatic carbocycles. The number of thiazole rings is 1. The average Bonchev–Trinajstić information content (AvgIpc) is 3.12. The maximum Gasteiger partial charge on any atom is 0.148 e. The zero-order chi connectivity index (χ0) is 14.1. The number of anilines is 2. The predicted octanol–water partition coefficient (Wildman–Crippen LogP) is 3.14. The Morgan fingerprint density at radius 2 is 2.30 bits per heavy atom. The fourth-order valence-electron chi connectivity index (χ4n) is 2.67. The van der Waals surface area contributed by atoms with Crippen molar-refractivity contribution in [1.82, 2.24) is 9.36 Å². The Balaban J connectivity index is 1.87. The van der Waals surface area contributed by atoms with Crippen molar-refractivity contribution in [2.45, 2.75) is 38.3 Å². The van der Waals surface area contributed by atoms with Crippen LogP contribution in [-0.4, -0.2) is 28.6 Å². The highest BCUT2D eigenvalue weighted by Gasteiger charge is 2.29. The van der Waals surface area contributed by atoms with E-state index < -0.39 is 0 Å². The standard InChI is InChI=1S/C13H18N4OS2/c1-7-15-9(6-19-7)11-12(14)17-20-13(11)16-8-4-3-5-10(8)18-2/h6,8,10,16H,3-5H2,1-2H3,(H2,14,17). The average molecular weight is 310 g/mol. The molecule has 108 valence electrons. The summed E-state index contributed by atoms with van der Waals surface area (Å²) in [5.74, 6) is 0.551. The summed E-state index contributed by atoms with van der Waals surface area (Å²) in [5.41, 5.74) is 7.86. The van der Waals surface area contributed by atoms with Crippen molar-refractivity contribution in [1.29, 1.82) is 0 Å². The summed E-state index contributed by atoms with van der Waals surface area (Å²) in [7, 11) is 1.77. The number of nitrogen functional groups attached to an aromatic ring is 1. The van der Waals surface area contributed by atoms with Crippen LogP contribution in [0.25, 0.3) is 11.3 Å². The molecule has 20 heavy (non-hydrogen) atoms. The number of rotatable bonds is 4. The number of ether oxygens (including phenoxy) is 1. The summed E-state index contributed by atoms with van der Waals surface area (Å²) in [6.07, 6.45) is 3.68. The second kappa shape index (κ2) is 5.67. The zero-order valence-corrected chi connectivity index (χ0v) is 13.2. The number of nitrogens with zero attached hydrogens (tertiary/aromatic N) is 2. The second-order valence-electron chi connectivity index (χ2n) is 4.98. The number of nitrogens with one attached hydrogen (secondary N) is 1. The lowest BCUT2D eigenvalue weighted by Gasteiger charge is -2.20. The molecule has 0 saturated heterocycles. The summed E-state index contributed by atoms with van der Waals surface area (Å²) in [4.78, 5) is 4.52. The van der Waals surface area contributed by atoms with E-state index in [4.69, 9.17) is 10.5 Å². The van der Waals surface area contributed by atoms with Gasteiger partial charge in [-0.15, -0.1) is 11.3 Å².